The van der Waals surface area contributed by atoms with Gasteiger partial charge in [-0.3, -0.25) is 9.10 Å². The predicted octanol–water partition coefficient (Wildman–Crippen LogP) is 3.59. The van der Waals surface area contributed by atoms with Crippen LogP contribution in [-0.4, -0.2) is 38.4 Å². The van der Waals surface area contributed by atoms with Gasteiger partial charge in [0, 0.05) is 24.7 Å². The van der Waals surface area contributed by atoms with Crippen molar-refractivity contribution >= 4 is 21.6 Å². The number of likely N-dealkylation sites (tertiary alicyclic amines) is 1. The fourth-order valence-corrected chi connectivity index (χ4v) is 5.79. The summed E-state index contributed by atoms with van der Waals surface area (Å²) in [7, 11) is -3.80. The van der Waals surface area contributed by atoms with Crippen molar-refractivity contribution in [2.75, 3.05) is 17.4 Å². The van der Waals surface area contributed by atoms with Gasteiger partial charge in [-0.05, 0) is 80.6 Å². The summed E-state index contributed by atoms with van der Waals surface area (Å²) in [5.74, 6) is -0.468. The van der Waals surface area contributed by atoms with Gasteiger partial charge in [-0.1, -0.05) is 0 Å². The van der Waals surface area contributed by atoms with E-state index < -0.39 is 15.8 Å². The van der Waals surface area contributed by atoms with Gasteiger partial charge >= 0.3 is 0 Å². The summed E-state index contributed by atoms with van der Waals surface area (Å²) in [6.07, 6.45) is 3.74. The molecule has 0 saturated carbocycles. The van der Waals surface area contributed by atoms with Crippen molar-refractivity contribution in [3.63, 3.8) is 0 Å². The lowest BCUT2D eigenvalue weighted by Gasteiger charge is -2.27. The minimum absolute atomic E-state index is 0.00925. The van der Waals surface area contributed by atoms with Crippen LogP contribution in [0.15, 0.2) is 47.4 Å². The Hall–Kier alpha value is -2.41. The molecule has 2 aliphatic rings. The number of sulfonamides is 1. The Balaban J connectivity index is 1.66. The second-order valence-corrected chi connectivity index (χ2v) is 9.32. The van der Waals surface area contributed by atoms with E-state index in [2.05, 4.69) is 0 Å². The van der Waals surface area contributed by atoms with Crippen molar-refractivity contribution in [3.8, 4) is 0 Å². The SMILES string of the molecule is C[C@@H]1Cc2cc(C(=O)N3CCCCC3)ccc2N1S(=O)(=O)c1ccc(F)cc1. The monoisotopic (exact) mass is 402 g/mol. The van der Waals surface area contributed by atoms with Crippen molar-refractivity contribution in [1.29, 1.82) is 0 Å². The fourth-order valence-electron chi connectivity index (χ4n) is 4.10. The number of hydrogen-bond acceptors (Lipinski definition) is 3. The van der Waals surface area contributed by atoms with E-state index in [1.54, 1.807) is 12.1 Å². The van der Waals surface area contributed by atoms with Gasteiger partial charge < -0.3 is 4.90 Å². The molecule has 0 N–H and O–H groups in total. The molecule has 2 aromatic rings. The molecule has 1 fully saturated rings. The zero-order valence-corrected chi connectivity index (χ0v) is 16.6. The molecule has 2 heterocycles. The number of piperidine rings is 1. The predicted molar refractivity (Wildman–Crippen MR) is 105 cm³/mol. The van der Waals surface area contributed by atoms with Crippen molar-refractivity contribution < 1.29 is 17.6 Å². The van der Waals surface area contributed by atoms with Gasteiger partial charge in [0.25, 0.3) is 15.9 Å². The molecule has 1 atom stereocenters. The van der Waals surface area contributed by atoms with Gasteiger partial charge in [-0.25, -0.2) is 12.8 Å². The van der Waals surface area contributed by atoms with E-state index in [0.29, 0.717) is 17.7 Å². The normalized spacial score (nSPS) is 19.6. The van der Waals surface area contributed by atoms with Crippen LogP contribution in [0.5, 0.6) is 0 Å². The number of anilines is 1. The molecular weight excluding hydrogens is 379 g/mol. The zero-order valence-electron chi connectivity index (χ0n) is 15.8. The van der Waals surface area contributed by atoms with Crippen LogP contribution < -0.4 is 4.31 Å². The molecule has 1 saturated heterocycles. The van der Waals surface area contributed by atoms with Gasteiger partial charge in [0.1, 0.15) is 5.82 Å². The summed E-state index contributed by atoms with van der Waals surface area (Å²) in [5, 5.41) is 0. The number of rotatable bonds is 3. The molecule has 0 aliphatic carbocycles. The summed E-state index contributed by atoms with van der Waals surface area (Å²) in [5.41, 5.74) is 2.04. The van der Waals surface area contributed by atoms with Crippen LogP contribution in [-0.2, 0) is 16.4 Å². The number of halogens is 1. The minimum Gasteiger partial charge on any atom is -0.339 e. The Morgan fingerprint density at radius 3 is 2.39 bits per heavy atom. The zero-order chi connectivity index (χ0) is 19.9. The molecule has 0 bridgehead atoms. The molecule has 148 valence electrons. The number of hydrogen-bond donors (Lipinski definition) is 0. The first-order chi connectivity index (χ1) is 13.4. The highest BCUT2D eigenvalue weighted by atomic mass is 32.2. The van der Waals surface area contributed by atoms with Gasteiger partial charge in [0.15, 0.2) is 0 Å². The van der Waals surface area contributed by atoms with Gasteiger partial charge in [-0.15, -0.1) is 0 Å². The lowest BCUT2D eigenvalue weighted by atomic mass is 10.0. The molecule has 0 spiro atoms. The number of fused-ring (bicyclic) bond motifs is 1. The molecule has 2 aliphatic heterocycles. The smallest absolute Gasteiger partial charge is 0.264 e. The molecule has 5 nitrogen and oxygen atoms in total. The average Bonchev–Trinajstić information content (AvgIpc) is 3.04. The van der Waals surface area contributed by atoms with Crippen LogP contribution in [0, 0.1) is 5.82 Å². The Kier molecular flexibility index (Phi) is 4.87. The number of amides is 1. The quantitative estimate of drug-likeness (QED) is 0.788. The van der Waals surface area contributed by atoms with E-state index in [4.69, 9.17) is 0 Å². The van der Waals surface area contributed by atoms with Crippen LogP contribution in [0.1, 0.15) is 42.1 Å². The molecule has 0 radical (unpaired) electrons. The van der Waals surface area contributed by atoms with Crippen molar-refractivity contribution in [2.24, 2.45) is 0 Å². The van der Waals surface area contributed by atoms with Gasteiger partial charge in [-0.2, -0.15) is 0 Å². The first kappa shape index (κ1) is 18.9. The van der Waals surface area contributed by atoms with Crippen LogP contribution in [0.3, 0.4) is 0 Å². The lowest BCUT2D eigenvalue weighted by molar-refractivity contribution is 0.0724. The molecule has 2 aromatic carbocycles. The number of carbonyl (C=O) groups excluding carboxylic acids is 1. The summed E-state index contributed by atoms with van der Waals surface area (Å²) in [6.45, 7) is 3.39. The second kappa shape index (κ2) is 7.20. The second-order valence-electron chi connectivity index (χ2n) is 7.50. The highest BCUT2D eigenvalue weighted by Crippen LogP contribution is 2.37. The first-order valence-corrected chi connectivity index (χ1v) is 11.0. The van der Waals surface area contributed by atoms with Gasteiger partial charge in [0.05, 0.1) is 10.6 Å². The molecular formula is C21H23FN2O3S. The maximum absolute atomic E-state index is 13.2. The van der Waals surface area contributed by atoms with E-state index in [0.717, 1.165) is 50.0 Å². The van der Waals surface area contributed by atoms with Crippen LogP contribution >= 0.6 is 0 Å². The van der Waals surface area contributed by atoms with E-state index in [1.165, 1.54) is 16.4 Å². The third kappa shape index (κ3) is 3.28. The van der Waals surface area contributed by atoms with Crippen molar-refractivity contribution in [2.45, 2.75) is 43.5 Å². The Labute approximate surface area is 164 Å². The maximum atomic E-state index is 13.2. The summed E-state index contributed by atoms with van der Waals surface area (Å²) in [6, 6.07) is 9.84. The standard InChI is InChI=1S/C21H23FN2O3S/c1-15-13-17-14-16(21(25)23-11-3-2-4-12-23)5-10-20(17)24(15)28(26,27)19-8-6-18(22)7-9-19/h5-10,14-15H,2-4,11-13H2,1H3/t15-/m1/s1. The fraction of sp³-hybridized carbons (Fsp3) is 0.381. The third-order valence-corrected chi connectivity index (χ3v) is 7.44. The molecule has 0 aromatic heterocycles. The highest BCUT2D eigenvalue weighted by Gasteiger charge is 2.36. The van der Waals surface area contributed by atoms with Crippen LogP contribution in [0.4, 0.5) is 10.1 Å². The molecule has 4 rings (SSSR count). The van der Waals surface area contributed by atoms with Crippen LogP contribution in [0.2, 0.25) is 0 Å². The summed E-state index contributed by atoms with van der Waals surface area (Å²) < 4.78 is 40.8. The summed E-state index contributed by atoms with van der Waals surface area (Å²) in [4.78, 5) is 14.7. The Morgan fingerprint density at radius 1 is 1.04 bits per heavy atom. The topological polar surface area (TPSA) is 57.7 Å². The molecule has 0 unspecified atom stereocenters. The van der Waals surface area contributed by atoms with E-state index in [-0.39, 0.29) is 16.8 Å². The average molecular weight is 402 g/mol. The number of benzene rings is 2. The molecule has 1 amide bonds. The number of nitrogens with zero attached hydrogens (tertiary/aromatic N) is 2. The largest absolute Gasteiger partial charge is 0.339 e. The highest BCUT2D eigenvalue weighted by molar-refractivity contribution is 7.92. The van der Waals surface area contributed by atoms with Crippen molar-refractivity contribution in [1.82, 2.24) is 4.90 Å². The third-order valence-electron chi connectivity index (χ3n) is 5.49. The number of carbonyl (C=O) groups is 1. The first-order valence-electron chi connectivity index (χ1n) is 9.60. The van der Waals surface area contributed by atoms with E-state index >= 15 is 0 Å². The molecule has 28 heavy (non-hydrogen) atoms. The van der Waals surface area contributed by atoms with E-state index in [9.17, 15) is 17.6 Å². The Morgan fingerprint density at radius 2 is 1.71 bits per heavy atom. The van der Waals surface area contributed by atoms with Gasteiger partial charge in [0.2, 0.25) is 0 Å². The maximum Gasteiger partial charge on any atom is 0.264 e. The molecule has 7 heteroatoms. The minimum atomic E-state index is -3.80. The van der Waals surface area contributed by atoms with E-state index in [1.807, 2.05) is 17.9 Å². The van der Waals surface area contributed by atoms with Crippen molar-refractivity contribution in [3.05, 3.63) is 59.4 Å². The van der Waals surface area contributed by atoms with Crippen LogP contribution in [0.25, 0.3) is 0 Å². The Bertz CT molecular complexity index is 999. The summed E-state index contributed by atoms with van der Waals surface area (Å²) >= 11 is 0. The lowest BCUT2D eigenvalue weighted by Crippen LogP contribution is -2.36.